The first-order valence-electron chi connectivity index (χ1n) is 9.74. The molecule has 0 bridgehead atoms. The average molecular weight is 394 g/mol. The summed E-state index contributed by atoms with van der Waals surface area (Å²) < 4.78 is 0. The summed E-state index contributed by atoms with van der Waals surface area (Å²) in [6.45, 7) is 8.65. The fraction of sp³-hybridized carbons (Fsp3) is 0.304. The monoisotopic (exact) mass is 393 g/mol. The first-order chi connectivity index (χ1) is 13.6. The van der Waals surface area contributed by atoms with Crippen molar-refractivity contribution in [2.24, 2.45) is 0 Å². The molecule has 1 atom stereocenters. The van der Waals surface area contributed by atoms with Crippen molar-refractivity contribution >= 4 is 17.2 Å². The number of likely N-dealkylation sites (N-methyl/N-ethyl adjacent to an activating group) is 1. The first-order valence-corrected chi connectivity index (χ1v) is 10.6. The summed E-state index contributed by atoms with van der Waals surface area (Å²) in [5.41, 5.74) is 2.76. The number of hydrogen-bond donors (Lipinski definition) is 1. The van der Waals surface area contributed by atoms with Gasteiger partial charge >= 0.3 is 0 Å². The minimum Gasteiger partial charge on any atom is -0.349 e. The number of thiazole rings is 1. The molecule has 0 spiro atoms. The molecule has 0 fully saturated rings. The van der Waals surface area contributed by atoms with Crippen molar-refractivity contribution in [2.45, 2.75) is 26.8 Å². The number of amides is 1. The van der Waals surface area contributed by atoms with Crippen LogP contribution >= 0.6 is 11.3 Å². The van der Waals surface area contributed by atoms with E-state index in [2.05, 4.69) is 41.2 Å². The van der Waals surface area contributed by atoms with Crippen LogP contribution < -0.4 is 5.32 Å². The Balaban J connectivity index is 1.81. The van der Waals surface area contributed by atoms with Gasteiger partial charge in [-0.1, -0.05) is 74.5 Å². The summed E-state index contributed by atoms with van der Waals surface area (Å²) in [6, 6.07) is 20.5. The second-order valence-corrected chi connectivity index (χ2v) is 7.84. The number of benzene rings is 2. The van der Waals surface area contributed by atoms with Gasteiger partial charge in [-0.15, -0.1) is 11.3 Å². The molecule has 0 saturated heterocycles. The Morgan fingerprint density at radius 3 is 2.25 bits per heavy atom. The number of aromatic nitrogens is 1. The lowest BCUT2D eigenvalue weighted by Crippen LogP contribution is -2.38. The summed E-state index contributed by atoms with van der Waals surface area (Å²) >= 11 is 1.56. The van der Waals surface area contributed by atoms with E-state index >= 15 is 0 Å². The maximum Gasteiger partial charge on any atom is 0.271 e. The van der Waals surface area contributed by atoms with E-state index in [0.717, 1.165) is 28.5 Å². The third-order valence-electron chi connectivity index (χ3n) is 4.88. The normalized spacial score (nSPS) is 12.1. The lowest BCUT2D eigenvalue weighted by Gasteiger charge is -2.30. The largest absolute Gasteiger partial charge is 0.349 e. The molecular weight excluding hydrogens is 366 g/mol. The fourth-order valence-corrected chi connectivity index (χ4v) is 4.36. The van der Waals surface area contributed by atoms with Gasteiger partial charge in [-0.05, 0) is 31.1 Å². The van der Waals surface area contributed by atoms with E-state index in [1.54, 1.807) is 11.3 Å². The van der Waals surface area contributed by atoms with E-state index < -0.39 is 0 Å². The van der Waals surface area contributed by atoms with E-state index in [1.807, 2.05) is 55.5 Å². The molecule has 3 rings (SSSR count). The molecule has 2 aromatic carbocycles. The number of nitrogens with one attached hydrogen (secondary N) is 1. The molecule has 1 amide bonds. The topological polar surface area (TPSA) is 45.2 Å². The molecule has 0 aliphatic heterocycles. The zero-order valence-corrected chi connectivity index (χ0v) is 17.5. The van der Waals surface area contributed by atoms with Crippen molar-refractivity contribution in [3.8, 4) is 10.4 Å². The summed E-state index contributed by atoms with van der Waals surface area (Å²) in [4.78, 5) is 20.8. The Hall–Kier alpha value is -2.50. The molecule has 0 aliphatic carbocycles. The Labute approximate surface area is 171 Å². The van der Waals surface area contributed by atoms with Crippen LogP contribution in [0, 0.1) is 6.92 Å². The summed E-state index contributed by atoms with van der Waals surface area (Å²) in [7, 11) is 0. The third kappa shape index (κ3) is 4.66. The van der Waals surface area contributed by atoms with Gasteiger partial charge in [-0.2, -0.15) is 0 Å². The van der Waals surface area contributed by atoms with Crippen LogP contribution in [0.3, 0.4) is 0 Å². The molecule has 1 N–H and O–H groups in total. The highest BCUT2D eigenvalue weighted by Gasteiger charge is 2.22. The second kappa shape index (κ2) is 9.62. The van der Waals surface area contributed by atoms with Crippen LogP contribution in [-0.4, -0.2) is 35.4 Å². The Kier molecular flexibility index (Phi) is 6.95. The SMILES string of the molecule is CCN(CC)C(CNC(=O)c1nc(C)sc1-c1ccccc1)c1ccccc1. The minimum absolute atomic E-state index is 0.115. The quantitative estimate of drug-likeness (QED) is 0.590. The fourth-order valence-electron chi connectivity index (χ4n) is 3.44. The van der Waals surface area contributed by atoms with Gasteiger partial charge in [0.05, 0.1) is 15.9 Å². The van der Waals surface area contributed by atoms with Gasteiger partial charge in [0, 0.05) is 6.54 Å². The third-order valence-corrected chi connectivity index (χ3v) is 5.90. The zero-order chi connectivity index (χ0) is 19.9. The number of carbonyl (C=O) groups excluding carboxylic acids is 1. The molecule has 0 aliphatic rings. The Morgan fingerprint density at radius 2 is 1.64 bits per heavy atom. The molecule has 1 heterocycles. The first kappa shape index (κ1) is 20.2. The van der Waals surface area contributed by atoms with Crippen LogP contribution in [0.1, 0.15) is 40.9 Å². The van der Waals surface area contributed by atoms with E-state index in [1.165, 1.54) is 5.56 Å². The minimum atomic E-state index is -0.115. The molecule has 5 heteroatoms. The van der Waals surface area contributed by atoms with Crippen LogP contribution in [0.5, 0.6) is 0 Å². The molecule has 0 radical (unpaired) electrons. The molecule has 3 aromatic rings. The van der Waals surface area contributed by atoms with E-state index in [0.29, 0.717) is 12.2 Å². The Bertz CT molecular complexity index is 889. The van der Waals surface area contributed by atoms with Gasteiger partial charge in [-0.25, -0.2) is 4.98 Å². The van der Waals surface area contributed by atoms with Crippen molar-refractivity contribution in [1.82, 2.24) is 15.2 Å². The predicted octanol–water partition coefficient (Wildman–Crippen LogP) is 4.93. The van der Waals surface area contributed by atoms with Crippen molar-refractivity contribution in [3.05, 3.63) is 76.9 Å². The smallest absolute Gasteiger partial charge is 0.271 e. The summed E-state index contributed by atoms with van der Waals surface area (Å²) in [5.74, 6) is -0.115. The molecule has 0 saturated carbocycles. The summed E-state index contributed by atoms with van der Waals surface area (Å²) in [6.07, 6.45) is 0. The number of rotatable bonds is 8. The lowest BCUT2D eigenvalue weighted by atomic mass is 10.0. The van der Waals surface area contributed by atoms with Crippen molar-refractivity contribution in [1.29, 1.82) is 0 Å². The van der Waals surface area contributed by atoms with E-state index in [9.17, 15) is 4.79 Å². The molecular formula is C23H27N3OS. The maximum atomic E-state index is 13.0. The Morgan fingerprint density at radius 1 is 1.04 bits per heavy atom. The maximum absolute atomic E-state index is 13.0. The molecule has 146 valence electrons. The average Bonchev–Trinajstić information content (AvgIpc) is 3.14. The highest BCUT2D eigenvalue weighted by Crippen LogP contribution is 2.30. The standard InChI is InChI=1S/C23H27N3OS/c1-4-26(5-2)20(18-12-8-6-9-13-18)16-24-23(27)21-22(28-17(3)25-21)19-14-10-7-11-15-19/h6-15,20H,4-5,16H2,1-3H3,(H,24,27). The number of carbonyl (C=O) groups is 1. The lowest BCUT2D eigenvalue weighted by molar-refractivity contribution is 0.0931. The van der Waals surface area contributed by atoms with Crippen LogP contribution in [0.15, 0.2) is 60.7 Å². The van der Waals surface area contributed by atoms with E-state index in [4.69, 9.17) is 0 Å². The van der Waals surface area contributed by atoms with Gasteiger partial charge < -0.3 is 5.32 Å². The van der Waals surface area contributed by atoms with Gasteiger partial charge in [0.2, 0.25) is 0 Å². The van der Waals surface area contributed by atoms with Gasteiger partial charge in [0.15, 0.2) is 0 Å². The molecule has 1 unspecified atom stereocenters. The predicted molar refractivity (Wildman–Crippen MR) is 117 cm³/mol. The molecule has 1 aromatic heterocycles. The highest BCUT2D eigenvalue weighted by molar-refractivity contribution is 7.15. The van der Waals surface area contributed by atoms with Gasteiger partial charge in [0.25, 0.3) is 5.91 Å². The van der Waals surface area contributed by atoms with Crippen molar-refractivity contribution < 1.29 is 4.79 Å². The van der Waals surface area contributed by atoms with Crippen LogP contribution in [0.4, 0.5) is 0 Å². The van der Waals surface area contributed by atoms with Crippen LogP contribution in [0.25, 0.3) is 10.4 Å². The number of nitrogens with zero attached hydrogens (tertiary/aromatic N) is 2. The van der Waals surface area contributed by atoms with Gasteiger partial charge in [-0.3, -0.25) is 9.69 Å². The van der Waals surface area contributed by atoms with Crippen molar-refractivity contribution in [3.63, 3.8) is 0 Å². The summed E-state index contributed by atoms with van der Waals surface area (Å²) in [5, 5.41) is 4.03. The van der Waals surface area contributed by atoms with E-state index in [-0.39, 0.29) is 11.9 Å². The molecule has 4 nitrogen and oxygen atoms in total. The van der Waals surface area contributed by atoms with Crippen LogP contribution in [-0.2, 0) is 0 Å². The number of aryl methyl sites for hydroxylation is 1. The van der Waals surface area contributed by atoms with Crippen LogP contribution in [0.2, 0.25) is 0 Å². The number of hydrogen-bond acceptors (Lipinski definition) is 4. The molecule has 28 heavy (non-hydrogen) atoms. The highest BCUT2D eigenvalue weighted by atomic mass is 32.1. The zero-order valence-electron chi connectivity index (χ0n) is 16.7. The second-order valence-electron chi connectivity index (χ2n) is 6.63. The van der Waals surface area contributed by atoms with Crippen molar-refractivity contribution in [2.75, 3.05) is 19.6 Å². The van der Waals surface area contributed by atoms with Gasteiger partial charge in [0.1, 0.15) is 5.69 Å².